The summed E-state index contributed by atoms with van der Waals surface area (Å²) in [6.45, 7) is 4.46. The van der Waals surface area contributed by atoms with Crippen molar-refractivity contribution in [1.29, 1.82) is 0 Å². The highest BCUT2D eigenvalue weighted by Crippen LogP contribution is 2.52. The zero-order valence-electron chi connectivity index (χ0n) is 20.1. The lowest BCUT2D eigenvalue weighted by Gasteiger charge is -2.36. The fourth-order valence-corrected chi connectivity index (χ4v) is 5.69. The summed E-state index contributed by atoms with van der Waals surface area (Å²) in [6, 6.07) is 5.48. The van der Waals surface area contributed by atoms with Crippen molar-refractivity contribution in [3.05, 3.63) is 52.6 Å². The van der Waals surface area contributed by atoms with E-state index in [1.54, 1.807) is 6.26 Å². The maximum atomic E-state index is 13.6. The van der Waals surface area contributed by atoms with Gasteiger partial charge in [-0.05, 0) is 44.5 Å². The highest BCUT2D eigenvalue weighted by molar-refractivity contribution is 6.36. The van der Waals surface area contributed by atoms with E-state index in [1.165, 1.54) is 26.4 Å². The van der Waals surface area contributed by atoms with E-state index < -0.39 is 23.1 Å². The number of rotatable bonds is 7. The van der Waals surface area contributed by atoms with E-state index in [0.29, 0.717) is 18.7 Å². The van der Waals surface area contributed by atoms with E-state index >= 15 is 0 Å². The first-order valence-corrected chi connectivity index (χ1v) is 12.2. The third-order valence-electron chi connectivity index (χ3n) is 7.29. The van der Waals surface area contributed by atoms with E-state index in [-0.39, 0.29) is 28.1 Å². The van der Waals surface area contributed by atoms with Gasteiger partial charge in [-0.15, -0.1) is 0 Å². The summed E-state index contributed by atoms with van der Waals surface area (Å²) in [6.07, 6.45) is 5.96. The molecule has 186 valence electrons. The Morgan fingerprint density at radius 3 is 2.60 bits per heavy atom. The van der Waals surface area contributed by atoms with Crippen LogP contribution in [0.2, 0.25) is 5.02 Å². The molecule has 1 aromatic heterocycles. The second-order valence-corrected chi connectivity index (χ2v) is 9.64. The molecule has 3 aliphatic rings. The van der Waals surface area contributed by atoms with Crippen molar-refractivity contribution in [3.8, 4) is 17.2 Å². The van der Waals surface area contributed by atoms with Crippen molar-refractivity contribution in [3.63, 3.8) is 0 Å². The number of carbonyl (C=O) groups is 2. The van der Waals surface area contributed by atoms with Crippen LogP contribution < -0.4 is 19.5 Å². The van der Waals surface area contributed by atoms with Crippen LogP contribution >= 0.6 is 11.6 Å². The van der Waals surface area contributed by atoms with Crippen LogP contribution in [0.1, 0.15) is 48.3 Å². The van der Waals surface area contributed by atoms with Gasteiger partial charge >= 0.3 is 0 Å². The molecule has 0 saturated carbocycles. The molecule has 3 atom stereocenters. The summed E-state index contributed by atoms with van der Waals surface area (Å²) in [7, 11) is 2.91. The van der Waals surface area contributed by atoms with Crippen molar-refractivity contribution in [2.75, 3.05) is 33.9 Å². The van der Waals surface area contributed by atoms with Crippen molar-refractivity contribution in [2.45, 2.75) is 37.8 Å². The zero-order valence-corrected chi connectivity index (χ0v) is 20.8. The van der Waals surface area contributed by atoms with Gasteiger partial charge in [0.1, 0.15) is 27.8 Å². The number of halogens is 1. The molecule has 1 saturated heterocycles. The van der Waals surface area contributed by atoms with E-state index in [9.17, 15) is 9.59 Å². The number of ketones is 2. The average molecular weight is 501 g/mol. The van der Waals surface area contributed by atoms with Crippen molar-refractivity contribution in [2.24, 2.45) is 5.92 Å². The normalized spacial score (nSPS) is 24.8. The van der Waals surface area contributed by atoms with Gasteiger partial charge in [0.25, 0.3) is 0 Å². The number of fused-ring (bicyclic) bond motifs is 1. The van der Waals surface area contributed by atoms with Gasteiger partial charge in [0, 0.05) is 30.3 Å². The van der Waals surface area contributed by atoms with Gasteiger partial charge in [-0.2, -0.15) is 0 Å². The van der Waals surface area contributed by atoms with Gasteiger partial charge in [0.15, 0.2) is 5.75 Å². The lowest BCUT2D eigenvalue weighted by Crippen LogP contribution is -2.55. The fourth-order valence-electron chi connectivity index (χ4n) is 5.42. The topological polar surface area (TPSA) is 90.2 Å². The van der Waals surface area contributed by atoms with Crippen LogP contribution in [-0.4, -0.2) is 55.9 Å². The van der Waals surface area contributed by atoms with Crippen LogP contribution in [0.4, 0.5) is 0 Å². The minimum absolute atomic E-state index is 0.0684. The number of methoxy groups -OCH3 is 2. The summed E-state index contributed by atoms with van der Waals surface area (Å²) in [5.74, 6) is 0.328. The lowest BCUT2D eigenvalue weighted by molar-refractivity contribution is -0.129. The van der Waals surface area contributed by atoms with Gasteiger partial charge in [-0.3, -0.25) is 14.5 Å². The van der Waals surface area contributed by atoms with Crippen LogP contribution in [0, 0.1) is 5.92 Å². The number of allylic oxidation sites excluding steroid dienone is 1. The number of ether oxygens (including phenoxy) is 3. The van der Waals surface area contributed by atoms with Crippen molar-refractivity contribution >= 4 is 23.2 Å². The first-order chi connectivity index (χ1) is 16.9. The Morgan fingerprint density at radius 1 is 1.23 bits per heavy atom. The molecule has 8 nitrogen and oxygen atoms in total. The number of hydrogen-bond donors (Lipinski definition) is 1. The molecular weight excluding hydrogens is 472 g/mol. The molecule has 2 aromatic rings. The first-order valence-electron chi connectivity index (χ1n) is 11.8. The predicted octanol–water partition coefficient (Wildman–Crippen LogP) is 4.18. The zero-order chi connectivity index (χ0) is 24.7. The molecule has 1 spiro atoms. The van der Waals surface area contributed by atoms with E-state index in [1.807, 2.05) is 19.1 Å². The third-order valence-corrected chi connectivity index (χ3v) is 7.64. The molecule has 1 N–H and O–H groups in total. The Morgan fingerprint density at radius 2 is 1.97 bits per heavy atom. The summed E-state index contributed by atoms with van der Waals surface area (Å²) in [5.41, 5.74) is -0.728. The fraction of sp³-hybridized carbons (Fsp3) is 0.462. The molecule has 1 aliphatic carbocycles. The molecule has 5 rings (SSSR count). The van der Waals surface area contributed by atoms with Crippen molar-refractivity contribution < 1.29 is 28.2 Å². The predicted molar refractivity (Wildman–Crippen MR) is 129 cm³/mol. The van der Waals surface area contributed by atoms with E-state index in [2.05, 4.69) is 10.2 Å². The third kappa shape index (κ3) is 3.79. The van der Waals surface area contributed by atoms with Crippen LogP contribution in [0.5, 0.6) is 17.2 Å². The summed E-state index contributed by atoms with van der Waals surface area (Å²) < 4.78 is 22.5. The number of Topliss-reactive ketones (excluding diaryl/α,β-unsaturated/α-hetero) is 1. The van der Waals surface area contributed by atoms with Gasteiger partial charge in [-0.1, -0.05) is 18.5 Å². The highest BCUT2D eigenvalue weighted by Gasteiger charge is 2.60. The number of hydrogen-bond acceptors (Lipinski definition) is 8. The first kappa shape index (κ1) is 23.8. The molecule has 1 fully saturated rings. The molecule has 3 heterocycles. The molecule has 1 aromatic carbocycles. The van der Waals surface area contributed by atoms with Crippen molar-refractivity contribution in [1.82, 2.24) is 10.2 Å². The summed E-state index contributed by atoms with van der Waals surface area (Å²) in [5, 5.41) is 3.59. The molecular formula is C26H29ClN2O6. The monoisotopic (exact) mass is 500 g/mol. The smallest absolute Gasteiger partial charge is 0.236 e. The minimum atomic E-state index is -1.67. The largest absolute Gasteiger partial charge is 0.496 e. The van der Waals surface area contributed by atoms with Crippen LogP contribution in [-0.2, 0) is 4.79 Å². The lowest BCUT2D eigenvalue weighted by atomic mass is 9.74. The van der Waals surface area contributed by atoms with Crippen LogP contribution in [0.15, 0.2) is 40.7 Å². The second kappa shape index (κ2) is 9.24. The summed E-state index contributed by atoms with van der Waals surface area (Å²) in [4.78, 5) is 29.5. The standard InChI is InChI=1S/C26H29ClN2O6/c1-15-11-16(28-14-17(18-7-6-10-34-18)29-8-4-5-9-29)12-21(30)26(15)25(31)22-19(32-2)13-20(33-3)23(27)24(22)35-26/h6-7,10,12-13,15,17,28H,4-5,8-9,11,14H2,1-3H3/t15-,17-,26+/m1/s1. The quantitative estimate of drug-likeness (QED) is 0.566. The molecule has 0 bridgehead atoms. The number of furan rings is 1. The number of carbonyl (C=O) groups excluding carboxylic acids is 2. The second-order valence-electron chi connectivity index (χ2n) is 9.26. The Balaban J connectivity index is 1.40. The van der Waals surface area contributed by atoms with Gasteiger partial charge in [-0.25, -0.2) is 0 Å². The SMILES string of the molecule is COc1cc(OC)c2c(c1Cl)O[C@@]1(C(=O)C=C(NC[C@H](c3ccco3)N3CCCC3)C[C@H]1C)C2=O. The number of nitrogens with one attached hydrogen (secondary N) is 1. The van der Waals surface area contributed by atoms with Crippen LogP contribution in [0.25, 0.3) is 0 Å². The molecule has 35 heavy (non-hydrogen) atoms. The Hall–Kier alpha value is -2.97. The molecule has 9 heteroatoms. The van der Waals surface area contributed by atoms with Gasteiger partial charge in [0.05, 0.1) is 26.5 Å². The maximum absolute atomic E-state index is 13.6. The van der Waals surface area contributed by atoms with Crippen LogP contribution in [0.3, 0.4) is 0 Å². The number of likely N-dealkylation sites (tertiary alicyclic amines) is 1. The molecule has 0 unspecified atom stereocenters. The van der Waals surface area contributed by atoms with Gasteiger partial charge in [0.2, 0.25) is 17.2 Å². The number of nitrogens with zero attached hydrogens (tertiary/aromatic N) is 1. The number of benzene rings is 1. The maximum Gasteiger partial charge on any atom is 0.236 e. The van der Waals surface area contributed by atoms with Gasteiger partial charge < -0.3 is 23.9 Å². The summed E-state index contributed by atoms with van der Waals surface area (Å²) >= 11 is 6.46. The van der Waals surface area contributed by atoms with E-state index in [0.717, 1.165) is 37.4 Å². The highest BCUT2D eigenvalue weighted by atomic mass is 35.5. The molecule has 0 radical (unpaired) electrons. The Bertz CT molecular complexity index is 1170. The Kier molecular flexibility index (Phi) is 6.27. The minimum Gasteiger partial charge on any atom is -0.496 e. The molecule has 2 aliphatic heterocycles. The Labute approximate surface area is 209 Å². The molecule has 0 amide bonds. The average Bonchev–Trinajstić information content (AvgIpc) is 3.61. The van der Waals surface area contributed by atoms with E-state index in [4.69, 9.17) is 30.2 Å².